The van der Waals surface area contributed by atoms with E-state index in [1.54, 1.807) is 48.7 Å². The maximum atomic E-state index is 10.7. The lowest BCUT2D eigenvalue weighted by molar-refractivity contribution is 0.477. The lowest BCUT2D eigenvalue weighted by atomic mass is 9.88. The Morgan fingerprint density at radius 1 is 0.636 bits per heavy atom. The summed E-state index contributed by atoms with van der Waals surface area (Å²) >= 11 is 0. The standard InChI is InChI=1S/C27H11N5O/c28-11-15(12-29)22-17-5-1-2-6-18(17)23(16(13-30)14-31)26(22)24-19-7-3-9-21(33)25(19)27-20(24)8-4-10-32-27/h1-10,33H. The molecule has 0 bridgehead atoms. The van der Waals surface area contributed by atoms with Crippen LogP contribution in [-0.4, -0.2) is 10.1 Å². The number of pyridine rings is 1. The topological polar surface area (TPSA) is 128 Å². The predicted octanol–water partition coefficient (Wildman–Crippen LogP) is 4.88. The number of nitrogens with zero attached hydrogens (tertiary/aromatic N) is 5. The number of rotatable bonds is 0. The van der Waals surface area contributed by atoms with Crippen LogP contribution in [0.4, 0.5) is 0 Å². The van der Waals surface area contributed by atoms with Gasteiger partial charge in [0.25, 0.3) is 0 Å². The molecule has 6 nitrogen and oxygen atoms in total. The van der Waals surface area contributed by atoms with E-state index in [9.17, 15) is 26.2 Å². The zero-order valence-electron chi connectivity index (χ0n) is 17.0. The number of aromatic hydroxyl groups is 1. The summed E-state index contributed by atoms with van der Waals surface area (Å²) in [6.45, 7) is 0. The fraction of sp³-hybridized carbons (Fsp3) is 0. The minimum absolute atomic E-state index is 0.0381. The van der Waals surface area contributed by atoms with Gasteiger partial charge in [-0.3, -0.25) is 4.98 Å². The van der Waals surface area contributed by atoms with Gasteiger partial charge in [0.2, 0.25) is 0 Å². The van der Waals surface area contributed by atoms with E-state index < -0.39 is 0 Å². The highest BCUT2D eigenvalue weighted by atomic mass is 16.3. The first-order chi connectivity index (χ1) is 16.2. The maximum Gasteiger partial charge on any atom is 0.138 e. The Balaban J connectivity index is 2.09. The second-order valence-electron chi connectivity index (χ2n) is 7.34. The summed E-state index contributed by atoms with van der Waals surface area (Å²) in [6.07, 6.45) is 1.62. The van der Waals surface area contributed by atoms with E-state index in [1.165, 1.54) is 0 Å². The first-order valence-corrected chi connectivity index (χ1v) is 9.88. The van der Waals surface area contributed by atoms with Gasteiger partial charge < -0.3 is 5.11 Å². The van der Waals surface area contributed by atoms with Crippen LogP contribution in [-0.2, 0) is 0 Å². The van der Waals surface area contributed by atoms with Crippen molar-refractivity contribution < 1.29 is 5.11 Å². The molecule has 0 amide bonds. The number of phenolic OH excluding ortho intramolecular Hbond substituents is 1. The second-order valence-corrected chi connectivity index (χ2v) is 7.34. The Labute approximate surface area is 189 Å². The average molecular weight is 421 g/mol. The van der Waals surface area contributed by atoms with Crippen LogP contribution in [0.3, 0.4) is 0 Å². The molecule has 0 atom stereocenters. The van der Waals surface area contributed by atoms with Crippen molar-refractivity contribution in [3.63, 3.8) is 0 Å². The molecule has 0 saturated heterocycles. The third-order valence-corrected chi connectivity index (χ3v) is 5.79. The molecule has 2 aliphatic rings. The molecule has 150 valence electrons. The number of nitriles is 4. The van der Waals surface area contributed by atoms with Gasteiger partial charge >= 0.3 is 0 Å². The molecule has 0 unspecified atom stereocenters. The van der Waals surface area contributed by atoms with Crippen LogP contribution in [0.5, 0.6) is 5.75 Å². The molecule has 2 aliphatic carbocycles. The van der Waals surface area contributed by atoms with Crippen LogP contribution < -0.4 is 0 Å². The van der Waals surface area contributed by atoms with Crippen molar-refractivity contribution in [2.45, 2.75) is 0 Å². The van der Waals surface area contributed by atoms with Crippen LogP contribution in [0, 0.1) is 45.3 Å². The minimum Gasteiger partial charge on any atom is -0.507 e. The van der Waals surface area contributed by atoms with E-state index in [4.69, 9.17) is 0 Å². The third kappa shape index (κ3) is 2.60. The van der Waals surface area contributed by atoms with E-state index in [0.29, 0.717) is 55.8 Å². The number of fused-ring (bicyclic) bond motifs is 4. The summed E-state index contributed by atoms with van der Waals surface area (Å²) in [5.74, 6) is 0.0381. The smallest absolute Gasteiger partial charge is 0.138 e. The second kappa shape index (κ2) is 7.36. The van der Waals surface area contributed by atoms with Gasteiger partial charge in [-0.2, -0.15) is 21.0 Å². The molecule has 5 rings (SSSR count). The first kappa shape index (κ1) is 19.5. The van der Waals surface area contributed by atoms with Crippen LogP contribution in [0.25, 0.3) is 28.0 Å². The fourth-order valence-electron chi connectivity index (χ4n) is 4.57. The summed E-state index contributed by atoms with van der Waals surface area (Å²) in [4.78, 5) is 4.47. The zero-order valence-corrected chi connectivity index (χ0v) is 17.0. The molecule has 0 spiro atoms. The Morgan fingerprint density at radius 2 is 1.18 bits per heavy atom. The zero-order chi connectivity index (χ0) is 23.1. The number of hydrogen-bond donors (Lipinski definition) is 1. The van der Waals surface area contributed by atoms with Crippen molar-refractivity contribution in [2.75, 3.05) is 0 Å². The molecule has 6 heteroatoms. The van der Waals surface area contributed by atoms with Gasteiger partial charge in [-0.1, -0.05) is 42.5 Å². The fourth-order valence-corrected chi connectivity index (χ4v) is 4.57. The van der Waals surface area contributed by atoms with Gasteiger partial charge in [0, 0.05) is 34.1 Å². The Kier molecular flexibility index (Phi) is 4.36. The molecule has 3 aromatic rings. The highest BCUT2D eigenvalue weighted by molar-refractivity contribution is 6.21. The average Bonchev–Trinajstić information content (AvgIpc) is 3.35. The van der Waals surface area contributed by atoms with Gasteiger partial charge in [-0.25, -0.2) is 0 Å². The number of benzene rings is 2. The van der Waals surface area contributed by atoms with Crippen molar-refractivity contribution in [3.8, 4) is 41.3 Å². The van der Waals surface area contributed by atoms with Gasteiger partial charge in [0.05, 0.1) is 11.3 Å². The highest BCUT2D eigenvalue weighted by Gasteiger charge is 2.38. The van der Waals surface area contributed by atoms with Crippen LogP contribution in [0.15, 0.2) is 77.5 Å². The van der Waals surface area contributed by atoms with E-state index in [2.05, 4.69) is 4.98 Å². The van der Waals surface area contributed by atoms with Crippen molar-refractivity contribution in [1.29, 1.82) is 21.0 Å². The Bertz CT molecular complexity index is 1560. The monoisotopic (exact) mass is 421 g/mol. The van der Waals surface area contributed by atoms with Gasteiger partial charge in [-0.15, -0.1) is 0 Å². The molecular formula is C27H11N5O. The summed E-state index contributed by atoms with van der Waals surface area (Å²) in [6, 6.07) is 23.6. The molecule has 0 radical (unpaired) electrons. The molecule has 33 heavy (non-hydrogen) atoms. The molecular weight excluding hydrogens is 410 g/mol. The molecule has 1 aromatic heterocycles. The van der Waals surface area contributed by atoms with Gasteiger partial charge in [-0.05, 0) is 28.8 Å². The number of allylic oxidation sites excluding steroid dienone is 5. The van der Waals surface area contributed by atoms with Crippen molar-refractivity contribution in [2.24, 2.45) is 0 Å². The Morgan fingerprint density at radius 3 is 1.76 bits per heavy atom. The summed E-state index contributed by atoms with van der Waals surface area (Å²) in [7, 11) is 0. The molecule has 1 heterocycles. The van der Waals surface area contributed by atoms with Crippen molar-refractivity contribution in [1.82, 2.24) is 4.98 Å². The Hall–Kier alpha value is -5.43. The SMILES string of the molecule is N#CC(C#N)=C1C(=C2c3cccnc3-c3c(O)cccc32)C(=C(C#N)C#N)c2ccccc21. The van der Waals surface area contributed by atoms with E-state index in [0.717, 1.165) is 0 Å². The van der Waals surface area contributed by atoms with Crippen LogP contribution in [0.2, 0.25) is 0 Å². The summed E-state index contributed by atoms with van der Waals surface area (Å²) < 4.78 is 0. The van der Waals surface area contributed by atoms with Crippen molar-refractivity contribution >= 4 is 16.7 Å². The van der Waals surface area contributed by atoms with Crippen LogP contribution in [0.1, 0.15) is 22.3 Å². The number of aromatic nitrogens is 1. The quantitative estimate of drug-likeness (QED) is 0.403. The van der Waals surface area contributed by atoms with Crippen molar-refractivity contribution in [3.05, 3.63) is 99.8 Å². The molecule has 0 aliphatic heterocycles. The number of phenols is 1. The lowest BCUT2D eigenvalue weighted by Gasteiger charge is -2.12. The van der Waals surface area contributed by atoms with E-state index in [1.807, 2.05) is 36.4 Å². The lowest BCUT2D eigenvalue weighted by Crippen LogP contribution is -1.95. The largest absolute Gasteiger partial charge is 0.507 e. The van der Waals surface area contributed by atoms with Gasteiger partial charge in [0.15, 0.2) is 0 Å². The van der Waals surface area contributed by atoms with E-state index >= 15 is 0 Å². The molecule has 0 fully saturated rings. The molecule has 1 N–H and O–H groups in total. The van der Waals surface area contributed by atoms with E-state index in [-0.39, 0.29) is 16.9 Å². The van der Waals surface area contributed by atoms with Crippen LogP contribution >= 0.6 is 0 Å². The predicted molar refractivity (Wildman–Crippen MR) is 120 cm³/mol. The third-order valence-electron chi connectivity index (χ3n) is 5.79. The minimum atomic E-state index is -0.130. The molecule has 2 aromatic carbocycles. The first-order valence-electron chi connectivity index (χ1n) is 9.88. The summed E-state index contributed by atoms with van der Waals surface area (Å²) in [5, 5.41) is 49.8. The normalized spacial score (nSPS) is 12.6. The highest BCUT2D eigenvalue weighted by Crippen LogP contribution is 2.56. The molecule has 0 saturated carbocycles. The van der Waals surface area contributed by atoms with Gasteiger partial charge in [0.1, 0.15) is 41.2 Å². The summed E-state index contributed by atoms with van der Waals surface area (Å²) in [5.41, 5.74) is 5.08. The number of hydrogen-bond acceptors (Lipinski definition) is 6. The maximum absolute atomic E-state index is 10.7.